The molecule has 14 heavy (non-hydrogen) atoms. The largest absolute Gasteiger partial charge is 0.481 e. The summed E-state index contributed by atoms with van der Waals surface area (Å²) < 4.78 is 0. The molecular weight excluding hydrogens is 182 g/mol. The fraction of sp³-hybridized carbons (Fsp3) is 0.889. The van der Waals surface area contributed by atoms with Gasteiger partial charge < -0.3 is 22.3 Å². The van der Waals surface area contributed by atoms with Crippen LogP contribution in [-0.2, 0) is 4.79 Å². The molecule has 2 atom stereocenters. The van der Waals surface area contributed by atoms with Crippen LogP contribution in [0.3, 0.4) is 0 Å². The fourth-order valence-electron chi connectivity index (χ4n) is 1.31. The van der Waals surface area contributed by atoms with Crippen molar-refractivity contribution in [3.05, 3.63) is 0 Å². The summed E-state index contributed by atoms with van der Waals surface area (Å²) in [5, 5.41) is 7.99. The third kappa shape index (κ3) is 7.97. The van der Waals surface area contributed by atoms with Gasteiger partial charge in [0.1, 0.15) is 0 Å². The molecule has 1 rings (SSSR count). The summed E-state index contributed by atoms with van der Waals surface area (Å²) in [6.07, 6.45) is 4.05. The number of nitrogens with two attached hydrogens (primary N) is 3. The second-order valence-electron chi connectivity index (χ2n) is 3.62. The summed E-state index contributed by atoms with van der Waals surface area (Å²) in [5.41, 5.74) is 16.1. The van der Waals surface area contributed by atoms with E-state index in [0.717, 1.165) is 19.3 Å². The molecule has 0 aromatic rings. The highest BCUT2D eigenvalue weighted by atomic mass is 16.4. The Labute approximate surface area is 84.6 Å². The Morgan fingerprint density at radius 1 is 1.29 bits per heavy atom. The average molecular weight is 203 g/mol. The lowest BCUT2D eigenvalue weighted by Gasteiger charge is -1.97. The van der Waals surface area contributed by atoms with Crippen LogP contribution in [0.25, 0.3) is 0 Å². The van der Waals surface area contributed by atoms with Crippen LogP contribution in [0.15, 0.2) is 0 Å². The molecule has 5 heteroatoms. The van der Waals surface area contributed by atoms with Gasteiger partial charge in [-0.1, -0.05) is 0 Å². The highest BCUT2D eigenvalue weighted by Crippen LogP contribution is 2.13. The molecule has 1 aliphatic carbocycles. The SMILES string of the molecule is NCCCC(=O)O.N[C@@H]1CC[C@H](N)C1. The summed E-state index contributed by atoms with van der Waals surface area (Å²) in [6, 6.07) is 0.796. The van der Waals surface area contributed by atoms with E-state index < -0.39 is 5.97 Å². The topological polar surface area (TPSA) is 115 Å². The van der Waals surface area contributed by atoms with E-state index in [1.807, 2.05) is 0 Å². The Bertz CT molecular complexity index is 156. The minimum absolute atomic E-state index is 0.191. The molecule has 84 valence electrons. The lowest BCUT2D eigenvalue weighted by atomic mass is 10.2. The fourth-order valence-corrected chi connectivity index (χ4v) is 1.31. The van der Waals surface area contributed by atoms with Crippen LogP contribution in [-0.4, -0.2) is 29.7 Å². The van der Waals surface area contributed by atoms with E-state index in [9.17, 15) is 4.79 Å². The van der Waals surface area contributed by atoms with Crippen molar-refractivity contribution >= 4 is 5.97 Å². The molecule has 1 fully saturated rings. The standard InChI is InChI=1S/C5H12N2.C4H9NO2/c6-4-1-2-5(7)3-4;5-3-1-2-4(6)7/h4-5H,1-3,6-7H2;1-3,5H2,(H,6,7)/t4-,5+;. The van der Waals surface area contributed by atoms with Gasteiger partial charge in [-0.25, -0.2) is 0 Å². The zero-order chi connectivity index (χ0) is 11.0. The zero-order valence-corrected chi connectivity index (χ0v) is 8.48. The van der Waals surface area contributed by atoms with Gasteiger partial charge in [0.15, 0.2) is 0 Å². The lowest BCUT2D eigenvalue weighted by molar-refractivity contribution is -0.137. The maximum atomic E-state index is 9.70. The van der Waals surface area contributed by atoms with E-state index in [1.54, 1.807) is 0 Å². The molecule has 0 bridgehead atoms. The molecule has 0 unspecified atom stereocenters. The van der Waals surface area contributed by atoms with E-state index in [2.05, 4.69) is 0 Å². The van der Waals surface area contributed by atoms with Crippen molar-refractivity contribution in [1.29, 1.82) is 0 Å². The molecule has 0 aromatic carbocycles. The van der Waals surface area contributed by atoms with E-state index >= 15 is 0 Å². The summed E-state index contributed by atoms with van der Waals surface area (Å²) in [4.78, 5) is 9.70. The van der Waals surface area contributed by atoms with E-state index in [0.29, 0.717) is 25.0 Å². The predicted octanol–water partition coefficient (Wildman–Crippen LogP) is -0.365. The third-order valence-corrected chi connectivity index (χ3v) is 2.11. The number of carboxylic acid groups (broad SMARTS) is 1. The second kappa shape index (κ2) is 7.73. The molecule has 5 nitrogen and oxygen atoms in total. The molecule has 7 N–H and O–H groups in total. The highest BCUT2D eigenvalue weighted by Gasteiger charge is 2.16. The van der Waals surface area contributed by atoms with Crippen molar-refractivity contribution in [1.82, 2.24) is 0 Å². The summed E-state index contributed by atoms with van der Waals surface area (Å²) in [7, 11) is 0. The predicted molar refractivity (Wildman–Crippen MR) is 55.7 cm³/mol. The smallest absolute Gasteiger partial charge is 0.303 e. The number of rotatable bonds is 3. The van der Waals surface area contributed by atoms with Crippen LogP contribution >= 0.6 is 0 Å². The number of carboxylic acids is 1. The van der Waals surface area contributed by atoms with Crippen LogP contribution in [0.2, 0.25) is 0 Å². The molecule has 0 aliphatic heterocycles. The molecule has 0 heterocycles. The van der Waals surface area contributed by atoms with E-state index in [-0.39, 0.29) is 6.42 Å². The molecule has 0 amide bonds. The van der Waals surface area contributed by atoms with Crippen molar-refractivity contribution in [2.45, 2.75) is 44.2 Å². The molecule has 0 radical (unpaired) electrons. The first-order valence-corrected chi connectivity index (χ1v) is 4.99. The van der Waals surface area contributed by atoms with Crippen LogP contribution in [0.5, 0.6) is 0 Å². The molecule has 1 saturated carbocycles. The highest BCUT2D eigenvalue weighted by molar-refractivity contribution is 5.66. The monoisotopic (exact) mass is 203 g/mol. The van der Waals surface area contributed by atoms with Gasteiger partial charge >= 0.3 is 5.97 Å². The van der Waals surface area contributed by atoms with Crippen molar-refractivity contribution < 1.29 is 9.90 Å². The number of hydrogen-bond acceptors (Lipinski definition) is 4. The van der Waals surface area contributed by atoms with Gasteiger partial charge in [-0.3, -0.25) is 4.79 Å². The number of carbonyl (C=O) groups is 1. The second-order valence-corrected chi connectivity index (χ2v) is 3.62. The van der Waals surface area contributed by atoms with Crippen LogP contribution < -0.4 is 17.2 Å². The van der Waals surface area contributed by atoms with Crippen LogP contribution in [0, 0.1) is 0 Å². The average Bonchev–Trinajstić information content (AvgIpc) is 2.47. The van der Waals surface area contributed by atoms with Gasteiger partial charge in [0.05, 0.1) is 0 Å². The van der Waals surface area contributed by atoms with Crippen LogP contribution in [0.4, 0.5) is 0 Å². The van der Waals surface area contributed by atoms with Crippen LogP contribution in [0.1, 0.15) is 32.1 Å². The Balaban J connectivity index is 0.000000241. The normalized spacial score (nSPS) is 25.4. The summed E-state index contributed by atoms with van der Waals surface area (Å²) in [6.45, 7) is 0.465. The Morgan fingerprint density at radius 3 is 1.93 bits per heavy atom. The minimum Gasteiger partial charge on any atom is -0.481 e. The Hall–Kier alpha value is -0.650. The van der Waals surface area contributed by atoms with E-state index in [4.69, 9.17) is 22.3 Å². The molecular formula is C9H21N3O2. The first kappa shape index (κ1) is 13.4. The number of aliphatic carboxylic acids is 1. The van der Waals surface area contributed by atoms with Crippen molar-refractivity contribution in [2.75, 3.05) is 6.54 Å². The quantitative estimate of drug-likeness (QED) is 0.499. The van der Waals surface area contributed by atoms with Gasteiger partial charge in [0, 0.05) is 18.5 Å². The van der Waals surface area contributed by atoms with Crippen molar-refractivity contribution in [3.63, 3.8) is 0 Å². The first-order valence-electron chi connectivity index (χ1n) is 4.99. The van der Waals surface area contributed by atoms with Gasteiger partial charge in [-0.15, -0.1) is 0 Å². The van der Waals surface area contributed by atoms with Gasteiger partial charge in [-0.2, -0.15) is 0 Å². The van der Waals surface area contributed by atoms with Crippen molar-refractivity contribution in [3.8, 4) is 0 Å². The van der Waals surface area contributed by atoms with Gasteiger partial charge in [0.2, 0.25) is 0 Å². The van der Waals surface area contributed by atoms with E-state index in [1.165, 1.54) is 0 Å². The Kier molecular flexibility index (Phi) is 7.37. The Morgan fingerprint density at radius 2 is 1.79 bits per heavy atom. The molecule has 0 spiro atoms. The summed E-state index contributed by atoms with van der Waals surface area (Å²) >= 11 is 0. The van der Waals surface area contributed by atoms with Gasteiger partial charge in [-0.05, 0) is 32.2 Å². The first-order chi connectivity index (χ1) is 6.56. The molecule has 1 aliphatic rings. The molecule has 0 aromatic heterocycles. The molecule has 0 saturated heterocycles. The maximum absolute atomic E-state index is 9.70. The number of hydrogen-bond donors (Lipinski definition) is 4. The minimum atomic E-state index is -0.773. The zero-order valence-electron chi connectivity index (χ0n) is 8.48. The van der Waals surface area contributed by atoms with Crippen molar-refractivity contribution in [2.24, 2.45) is 17.2 Å². The lowest BCUT2D eigenvalue weighted by Crippen LogP contribution is -2.20. The maximum Gasteiger partial charge on any atom is 0.303 e. The van der Waals surface area contributed by atoms with Gasteiger partial charge in [0.25, 0.3) is 0 Å². The third-order valence-electron chi connectivity index (χ3n) is 2.11. The summed E-state index contributed by atoms with van der Waals surface area (Å²) in [5.74, 6) is -0.773.